The lowest BCUT2D eigenvalue weighted by molar-refractivity contribution is -0.161. The van der Waals surface area contributed by atoms with Gasteiger partial charge in [0.1, 0.15) is 6.61 Å². The molecule has 0 rings (SSSR count). The molecule has 2 atom stereocenters. The first-order chi connectivity index (χ1) is 20.3. The molecule has 0 aliphatic carbocycles. The Morgan fingerprint density at radius 2 is 1.26 bits per heavy atom. The zero-order valence-electron chi connectivity index (χ0n) is 26.1. The van der Waals surface area contributed by atoms with Crippen molar-refractivity contribution in [3.8, 4) is 0 Å². The van der Waals surface area contributed by atoms with E-state index in [0.29, 0.717) is 6.42 Å². The minimum atomic E-state index is -4.27. The third kappa shape index (κ3) is 27.9. The SMILES string of the molecule is CC/C=C\C/C=C\C/C=C\C/C=C\CCC(=O)OC(COC(=O)CCCCCCC/C=C\CCC)COP(=O)(O)OC. The van der Waals surface area contributed by atoms with Crippen molar-refractivity contribution in [3.05, 3.63) is 60.8 Å². The van der Waals surface area contributed by atoms with Gasteiger partial charge in [-0.2, -0.15) is 0 Å². The van der Waals surface area contributed by atoms with Gasteiger partial charge in [-0.15, -0.1) is 0 Å². The molecule has 240 valence electrons. The number of carbonyl (C=O) groups is 2. The lowest BCUT2D eigenvalue weighted by Crippen LogP contribution is -2.29. The zero-order valence-corrected chi connectivity index (χ0v) is 27.0. The molecule has 0 aliphatic heterocycles. The average molecular weight is 611 g/mol. The van der Waals surface area contributed by atoms with Gasteiger partial charge in [-0.25, -0.2) is 4.57 Å². The summed E-state index contributed by atoms with van der Waals surface area (Å²) < 4.78 is 31.5. The molecule has 9 heteroatoms. The van der Waals surface area contributed by atoms with Crippen LogP contribution in [0.2, 0.25) is 0 Å². The van der Waals surface area contributed by atoms with Crippen molar-refractivity contribution in [1.82, 2.24) is 0 Å². The second-order valence-electron chi connectivity index (χ2n) is 9.85. The average Bonchev–Trinajstić information content (AvgIpc) is 2.97. The van der Waals surface area contributed by atoms with Crippen LogP contribution in [0.1, 0.15) is 110 Å². The Morgan fingerprint density at radius 1 is 0.690 bits per heavy atom. The lowest BCUT2D eigenvalue weighted by Gasteiger charge is -2.19. The fraction of sp³-hybridized carbons (Fsp3) is 0.636. The molecular weight excluding hydrogens is 555 g/mol. The van der Waals surface area contributed by atoms with Crippen LogP contribution in [0.15, 0.2) is 60.8 Å². The minimum absolute atomic E-state index is 0.119. The van der Waals surface area contributed by atoms with E-state index < -0.39 is 32.5 Å². The summed E-state index contributed by atoms with van der Waals surface area (Å²) in [6.07, 6.45) is 33.0. The van der Waals surface area contributed by atoms with Gasteiger partial charge in [-0.1, -0.05) is 100 Å². The summed E-state index contributed by atoms with van der Waals surface area (Å²) in [4.78, 5) is 34.0. The van der Waals surface area contributed by atoms with Crippen molar-refractivity contribution in [2.24, 2.45) is 0 Å². The Balaban J connectivity index is 4.32. The number of ether oxygens (including phenoxy) is 2. The number of rotatable bonds is 27. The molecule has 0 radical (unpaired) electrons. The minimum Gasteiger partial charge on any atom is -0.462 e. The van der Waals surface area contributed by atoms with Gasteiger partial charge in [-0.05, 0) is 57.8 Å². The van der Waals surface area contributed by atoms with E-state index in [9.17, 15) is 19.0 Å². The van der Waals surface area contributed by atoms with Crippen LogP contribution in [0.5, 0.6) is 0 Å². The molecule has 0 aromatic carbocycles. The van der Waals surface area contributed by atoms with Gasteiger partial charge in [0.2, 0.25) is 0 Å². The second kappa shape index (κ2) is 28.9. The van der Waals surface area contributed by atoms with Crippen molar-refractivity contribution in [2.75, 3.05) is 20.3 Å². The van der Waals surface area contributed by atoms with Gasteiger partial charge >= 0.3 is 19.8 Å². The molecule has 0 aromatic heterocycles. The first kappa shape index (κ1) is 39.8. The van der Waals surface area contributed by atoms with E-state index in [2.05, 4.69) is 67.0 Å². The molecule has 42 heavy (non-hydrogen) atoms. The van der Waals surface area contributed by atoms with Gasteiger partial charge in [-0.3, -0.25) is 18.6 Å². The van der Waals surface area contributed by atoms with Gasteiger partial charge in [0.25, 0.3) is 0 Å². The van der Waals surface area contributed by atoms with Crippen LogP contribution in [-0.4, -0.2) is 43.3 Å². The van der Waals surface area contributed by atoms with E-state index in [4.69, 9.17) is 14.0 Å². The largest absolute Gasteiger partial charge is 0.472 e. The number of carbonyl (C=O) groups excluding carboxylic acids is 2. The quantitative estimate of drug-likeness (QED) is 0.0425. The first-order valence-corrected chi connectivity index (χ1v) is 17.0. The highest BCUT2D eigenvalue weighted by atomic mass is 31.2. The first-order valence-electron chi connectivity index (χ1n) is 15.5. The van der Waals surface area contributed by atoms with Crippen LogP contribution in [0.4, 0.5) is 0 Å². The van der Waals surface area contributed by atoms with E-state index in [1.54, 1.807) is 0 Å². The summed E-state index contributed by atoms with van der Waals surface area (Å²) in [5.74, 6) is -0.922. The molecule has 0 fully saturated rings. The molecule has 8 nitrogen and oxygen atoms in total. The van der Waals surface area contributed by atoms with E-state index in [1.165, 1.54) is 6.42 Å². The van der Waals surface area contributed by atoms with Crippen molar-refractivity contribution < 1.29 is 37.6 Å². The predicted molar refractivity (Wildman–Crippen MR) is 170 cm³/mol. The van der Waals surface area contributed by atoms with Crippen LogP contribution < -0.4 is 0 Å². The molecular formula is C33H55O8P. The summed E-state index contributed by atoms with van der Waals surface area (Å²) in [5, 5.41) is 0. The number of allylic oxidation sites excluding steroid dienone is 10. The molecule has 0 spiro atoms. The monoisotopic (exact) mass is 610 g/mol. The topological polar surface area (TPSA) is 108 Å². The van der Waals surface area contributed by atoms with Crippen molar-refractivity contribution >= 4 is 19.8 Å². The highest BCUT2D eigenvalue weighted by Crippen LogP contribution is 2.42. The summed E-state index contributed by atoms with van der Waals surface area (Å²) in [5.41, 5.74) is 0. The molecule has 0 aromatic rings. The van der Waals surface area contributed by atoms with Gasteiger partial charge < -0.3 is 14.4 Å². The molecule has 0 heterocycles. The maximum absolute atomic E-state index is 12.3. The van der Waals surface area contributed by atoms with E-state index in [1.807, 2.05) is 12.2 Å². The third-order valence-electron chi connectivity index (χ3n) is 5.99. The second-order valence-corrected chi connectivity index (χ2v) is 11.4. The number of unbranched alkanes of at least 4 members (excludes halogenated alkanes) is 6. The molecule has 0 aliphatic rings. The molecule has 0 saturated heterocycles. The van der Waals surface area contributed by atoms with Crippen LogP contribution in [0, 0.1) is 0 Å². The third-order valence-corrected chi connectivity index (χ3v) is 6.93. The Labute approximate surface area is 254 Å². The Morgan fingerprint density at radius 3 is 1.90 bits per heavy atom. The highest BCUT2D eigenvalue weighted by molar-refractivity contribution is 7.47. The highest BCUT2D eigenvalue weighted by Gasteiger charge is 2.24. The van der Waals surface area contributed by atoms with Gasteiger partial charge in [0.15, 0.2) is 6.10 Å². The standard InChI is InChI=1S/C33H55O8P/c1-4-6-8-10-12-14-16-17-18-20-22-24-26-28-33(35)41-31(30-40-42(36,37)38-3)29-39-32(34)27-25-23-21-19-15-13-11-9-7-5-2/h6,8-9,11-12,14,17-18,22,24,31H,4-5,7,10,13,15-16,19-21,23,25-30H2,1-3H3,(H,36,37)/b8-6-,11-9-,14-12-,18-17-,24-22-. The Bertz CT molecular complexity index is 875. The zero-order chi connectivity index (χ0) is 31.2. The summed E-state index contributed by atoms with van der Waals surface area (Å²) in [6.45, 7) is 3.59. The summed E-state index contributed by atoms with van der Waals surface area (Å²) >= 11 is 0. The van der Waals surface area contributed by atoms with E-state index in [-0.39, 0.29) is 19.4 Å². The maximum atomic E-state index is 12.3. The van der Waals surface area contributed by atoms with E-state index in [0.717, 1.165) is 77.7 Å². The fourth-order valence-corrected chi connectivity index (χ4v) is 4.07. The maximum Gasteiger partial charge on any atom is 0.472 e. The Hall–Kier alpha value is -2.25. The lowest BCUT2D eigenvalue weighted by atomic mass is 10.1. The van der Waals surface area contributed by atoms with Crippen LogP contribution in [0.25, 0.3) is 0 Å². The van der Waals surface area contributed by atoms with Crippen molar-refractivity contribution in [2.45, 2.75) is 116 Å². The molecule has 1 N–H and O–H groups in total. The molecule has 0 saturated carbocycles. The number of phosphoric acid groups is 1. The Kier molecular flexibility index (Phi) is 27.3. The number of hydrogen-bond acceptors (Lipinski definition) is 7. The normalized spacial score (nSPS) is 14.5. The van der Waals surface area contributed by atoms with Crippen LogP contribution >= 0.6 is 7.82 Å². The molecule has 0 bridgehead atoms. The van der Waals surface area contributed by atoms with Crippen molar-refractivity contribution in [1.29, 1.82) is 0 Å². The smallest absolute Gasteiger partial charge is 0.462 e. The van der Waals surface area contributed by atoms with Crippen LogP contribution in [-0.2, 0) is 32.7 Å². The van der Waals surface area contributed by atoms with Crippen LogP contribution in [0.3, 0.4) is 0 Å². The number of hydrogen-bond donors (Lipinski definition) is 1. The summed E-state index contributed by atoms with van der Waals surface area (Å²) in [6, 6.07) is 0. The van der Waals surface area contributed by atoms with E-state index >= 15 is 0 Å². The summed E-state index contributed by atoms with van der Waals surface area (Å²) in [7, 11) is -3.23. The molecule has 2 unspecified atom stereocenters. The predicted octanol–water partition coefficient (Wildman–Crippen LogP) is 8.88. The van der Waals surface area contributed by atoms with Gasteiger partial charge in [0, 0.05) is 20.0 Å². The number of phosphoric ester groups is 1. The van der Waals surface area contributed by atoms with Crippen molar-refractivity contribution in [3.63, 3.8) is 0 Å². The fourth-order valence-electron chi connectivity index (χ4n) is 3.61. The number of esters is 2. The molecule has 0 amide bonds. The van der Waals surface area contributed by atoms with Gasteiger partial charge in [0.05, 0.1) is 6.61 Å².